The zero-order valence-corrected chi connectivity index (χ0v) is 14.7. The molecule has 2 aromatic rings. The van der Waals surface area contributed by atoms with Crippen LogP contribution < -0.4 is 4.74 Å². The van der Waals surface area contributed by atoms with Crippen molar-refractivity contribution in [2.75, 3.05) is 6.61 Å². The van der Waals surface area contributed by atoms with Crippen LogP contribution >= 0.6 is 15.9 Å². The van der Waals surface area contributed by atoms with Gasteiger partial charge in [-0.2, -0.15) is 0 Å². The fraction of sp³-hybridized carbons (Fsp3) is 0.158. The highest BCUT2D eigenvalue weighted by atomic mass is 79.9. The smallest absolute Gasteiger partial charge is 0.368 e. The van der Waals surface area contributed by atoms with E-state index < -0.39 is 5.97 Å². The van der Waals surface area contributed by atoms with Crippen molar-refractivity contribution < 1.29 is 14.4 Å². The molecule has 3 rings (SSSR count). The molecule has 0 saturated heterocycles. The summed E-state index contributed by atoms with van der Waals surface area (Å²) in [6.45, 7) is 2.74. The van der Waals surface area contributed by atoms with Crippen molar-refractivity contribution in [1.29, 1.82) is 0 Å². The van der Waals surface area contributed by atoms with Gasteiger partial charge in [-0.15, -0.1) is 0 Å². The van der Waals surface area contributed by atoms with Gasteiger partial charge in [-0.05, 0) is 54.5 Å². The van der Waals surface area contributed by atoms with Crippen LogP contribution in [0.1, 0.15) is 24.5 Å². The van der Waals surface area contributed by atoms with Gasteiger partial charge < -0.3 is 9.57 Å². The van der Waals surface area contributed by atoms with Crippen molar-refractivity contribution in [2.45, 2.75) is 13.3 Å². The zero-order valence-electron chi connectivity index (χ0n) is 13.2. The molecule has 1 aliphatic heterocycles. The molecule has 0 bridgehead atoms. The SMILES string of the molecule is CCCOc1ccc(C2=NOC(=O)/C2=C\c2cccc(Br)c2)cc1. The molecule has 4 nitrogen and oxygen atoms in total. The third-order valence-corrected chi connectivity index (χ3v) is 3.95. The average molecular weight is 386 g/mol. The lowest BCUT2D eigenvalue weighted by molar-refractivity contribution is -0.136. The second kappa shape index (κ2) is 7.45. The number of oxime groups is 1. The summed E-state index contributed by atoms with van der Waals surface area (Å²) in [6, 6.07) is 15.2. The number of carbonyl (C=O) groups excluding carboxylic acids is 1. The summed E-state index contributed by atoms with van der Waals surface area (Å²) in [4.78, 5) is 16.9. The molecule has 0 spiro atoms. The van der Waals surface area contributed by atoms with E-state index in [9.17, 15) is 4.79 Å². The lowest BCUT2D eigenvalue weighted by Gasteiger charge is -2.06. The molecule has 0 radical (unpaired) electrons. The summed E-state index contributed by atoms with van der Waals surface area (Å²) in [6.07, 6.45) is 2.73. The fourth-order valence-corrected chi connectivity index (χ4v) is 2.73. The largest absolute Gasteiger partial charge is 0.494 e. The summed E-state index contributed by atoms with van der Waals surface area (Å²) >= 11 is 3.43. The number of ether oxygens (including phenoxy) is 1. The van der Waals surface area contributed by atoms with Gasteiger partial charge in [0.15, 0.2) is 0 Å². The highest BCUT2D eigenvalue weighted by molar-refractivity contribution is 9.10. The molecule has 0 aromatic heterocycles. The highest BCUT2D eigenvalue weighted by Gasteiger charge is 2.26. The van der Waals surface area contributed by atoms with Crippen LogP contribution in [0, 0.1) is 0 Å². The van der Waals surface area contributed by atoms with E-state index in [2.05, 4.69) is 28.0 Å². The molecule has 1 heterocycles. The Morgan fingerprint density at radius 1 is 1.21 bits per heavy atom. The van der Waals surface area contributed by atoms with E-state index in [0.29, 0.717) is 17.9 Å². The van der Waals surface area contributed by atoms with Gasteiger partial charge in [0, 0.05) is 10.0 Å². The second-order valence-electron chi connectivity index (χ2n) is 5.30. The summed E-state index contributed by atoms with van der Waals surface area (Å²) < 4.78 is 6.52. The average Bonchev–Trinajstić information content (AvgIpc) is 2.94. The first-order chi connectivity index (χ1) is 11.7. The van der Waals surface area contributed by atoms with Gasteiger partial charge in [-0.1, -0.05) is 40.1 Å². The summed E-state index contributed by atoms with van der Waals surface area (Å²) in [5.41, 5.74) is 2.68. The fourth-order valence-electron chi connectivity index (χ4n) is 2.31. The first kappa shape index (κ1) is 16.5. The van der Waals surface area contributed by atoms with Gasteiger partial charge in [0.05, 0.1) is 12.2 Å². The first-order valence-corrected chi connectivity index (χ1v) is 8.47. The van der Waals surface area contributed by atoms with Crippen molar-refractivity contribution in [1.82, 2.24) is 0 Å². The monoisotopic (exact) mass is 385 g/mol. The van der Waals surface area contributed by atoms with Gasteiger partial charge in [0.25, 0.3) is 0 Å². The Kier molecular flexibility index (Phi) is 5.11. The van der Waals surface area contributed by atoms with E-state index in [1.165, 1.54) is 0 Å². The maximum Gasteiger partial charge on any atom is 0.368 e. The molecule has 0 unspecified atom stereocenters. The Hall–Kier alpha value is -2.40. The number of hydrogen-bond donors (Lipinski definition) is 0. The topological polar surface area (TPSA) is 47.9 Å². The predicted molar refractivity (Wildman–Crippen MR) is 97.0 cm³/mol. The van der Waals surface area contributed by atoms with Gasteiger partial charge in [-0.25, -0.2) is 4.79 Å². The molecule has 122 valence electrons. The molecule has 5 heteroatoms. The molecule has 0 fully saturated rings. The van der Waals surface area contributed by atoms with E-state index in [4.69, 9.17) is 9.57 Å². The summed E-state index contributed by atoms with van der Waals surface area (Å²) in [7, 11) is 0. The number of benzene rings is 2. The Balaban J connectivity index is 1.88. The lowest BCUT2D eigenvalue weighted by Crippen LogP contribution is -2.07. The van der Waals surface area contributed by atoms with Crippen LogP contribution in [-0.2, 0) is 9.63 Å². The molecule has 1 aliphatic rings. The number of rotatable bonds is 5. The molecule has 0 amide bonds. The summed E-state index contributed by atoms with van der Waals surface area (Å²) in [5, 5.41) is 3.93. The standard InChI is InChI=1S/C19H16BrNO3/c1-2-10-23-16-8-6-14(7-9-16)18-17(19(22)24-21-18)12-13-4-3-5-15(20)11-13/h3-9,11-12H,2,10H2,1H3/b17-12-. The molecule has 0 saturated carbocycles. The van der Waals surface area contributed by atoms with Crippen molar-refractivity contribution in [3.05, 3.63) is 69.7 Å². The molecular formula is C19H16BrNO3. The Morgan fingerprint density at radius 3 is 2.71 bits per heavy atom. The van der Waals surface area contributed by atoms with E-state index in [1.54, 1.807) is 6.08 Å². The van der Waals surface area contributed by atoms with Crippen LogP contribution in [0.15, 0.2) is 63.7 Å². The Morgan fingerprint density at radius 2 is 2.00 bits per heavy atom. The van der Waals surface area contributed by atoms with Crippen LogP contribution in [0.5, 0.6) is 5.75 Å². The van der Waals surface area contributed by atoms with Gasteiger partial charge in [0.2, 0.25) is 0 Å². The molecular weight excluding hydrogens is 370 g/mol. The van der Waals surface area contributed by atoms with E-state index in [-0.39, 0.29) is 0 Å². The van der Waals surface area contributed by atoms with Crippen LogP contribution in [0.3, 0.4) is 0 Å². The lowest BCUT2D eigenvalue weighted by atomic mass is 10.0. The number of halogens is 1. The van der Waals surface area contributed by atoms with E-state index in [1.807, 2.05) is 48.5 Å². The van der Waals surface area contributed by atoms with Crippen molar-refractivity contribution in [3.8, 4) is 5.75 Å². The van der Waals surface area contributed by atoms with Crippen LogP contribution in [0.25, 0.3) is 6.08 Å². The van der Waals surface area contributed by atoms with Crippen LogP contribution in [0.2, 0.25) is 0 Å². The maximum atomic E-state index is 12.0. The minimum Gasteiger partial charge on any atom is -0.494 e. The van der Waals surface area contributed by atoms with E-state index in [0.717, 1.165) is 27.8 Å². The number of hydrogen-bond acceptors (Lipinski definition) is 4. The van der Waals surface area contributed by atoms with Crippen molar-refractivity contribution in [2.24, 2.45) is 5.16 Å². The highest BCUT2D eigenvalue weighted by Crippen LogP contribution is 2.23. The van der Waals surface area contributed by atoms with Crippen molar-refractivity contribution >= 4 is 33.7 Å². The van der Waals surface area contributed by atoms with Crippen molar-refractivity contribution in [3.63, 3.8) is 0 Å². The maximum absolute atomic E-state index is 12.0. The molecule has 0 aliphatic carbocycles. The van der Waals surface area contributed by atoms with Crippen LogP contribution in [-0.4, -0.2) is 18.3 Å². The van der Waals surface area contributed by atoms with E-state index >= 15 is 0 Å². The molecule has 2 aromatic carbocycles. The number of carbonyl (C=O) groups is 1. The van der Waals surface area contributed by atoms with Gasteiger partial charge in [-0.3, -0.25) is 0 Å². The Bertz CT molecular complexity index is 810. The van der Waals surface area contributed by atoms with Gasteiger partial charge >= 0.3 is 5.97 Å². The molecule has 24 heavy (non-hydrogen) atoms. The third-order valence-electron chi connectivity index (χ3n) is 3.46. The molecule has 0 N–H and O–H groups in total. The van der Waals surface area contributed by atoms with Gasteiger partial charge in [0.1, 0.15) is 11.5 Å². The predicted octanol–water partition coefficient (Wildman–Crippen LogP) is 4.58. The summed E-state index contributed by atoms with van der Waals surface area (Å²) in [5.74, 6) is 0.347. The minimum absolute atomic E-state index is 0.440. The normalized spacial score (nSPS) is 15.3. The first-order valence-electron chi connectivity index (χ1n) is 7.67. The Labute approximate surface area is 148 Å². The molecule has 0 atom stereocenters. The minimum atomic E-state index is -0.448. The quantitative estimate of drug-likeness (QED) is 0.558. The third kappa shape index (κ3) is 3.74. The van der Waals surface area contributed by atoms with Crippen LogP contribution in [0.4, 0.5) is 0 Å². The number of nitrogens with zero attached hydrogens (tertiary/aromatic N) is 1. The zero-order chi connectivity index (χ0) is 16.9. The second-order valence-corrected chi connectivity index (χ2v) is 6.22.